The first kappa shape index (κ1) is 11.8. The molecule has 1 saturated heterocycles. The number of hydrogen-bond donors (Lipinski definition) is 1. The third kappa shape index (κ3) is 2.54. The molecule has 0 aliphatic carbocycles. The highest BCUT2D eigenvalue weighted by molar-refractivity contribution is 6.10. The van der Waals surface area contributed by atoms with Gasteiger partial charge in [0.1, 0.15) is 5.92 Å². The first-order valence-electron chi connectivity index (χ1n) is 6.13. The molecule has 0 bridgehead atoms. The molecule has 1 aromatic carbocycles. The van der Waals surface area contributed by atoms with Crippen LogP contribution in [-0.4, -0.2) is 18.2 Å². The number of benzene rings is 1. The Morgan fingerprint density at radius 1 is 1.35 bits per heavy atom. The normalized spacial score (nSPS) is 19.8. The molecular weight excluding hydrogens is 214 g/mol. The highest BCUT2D eigenvalue weighted by Gasteiger charge is 2.29. The zero-order valence-electron chi connectivity index (χ0n) is 10.0. The molecule has 1 unspecified atom stereocenters. The molecule has 1 aliphatic heterocycles. The SMILES string of the molecule is CCc1ccc(C(=O)C2CCCNC2=O)cc1. The molecule has 3 heteroatoms. The molecule has 17 heavy (non-hydrogen) atoms. The Labute approximate surface area is 101 Å². The lowest BCUT2D eigenvalue weighted by Crippen LogP contribution is -2.40. The number of carbonyl (C=O) groups is 2. The van der Waals surface area contributed by atoms with Gasteiger partial charge >= 0.3 is 0 Å². The molecule has 90 valence electrons. The summed E-state index contributed by atoms with van der Waals surface area (Å²) in [5.74, 6) is -0.665. The van der Waals surface area contributed by atoms with Crippen LogP contribution in [0.4, 0.5) is 0 Å². The van der Waals surface area contributed by atoms with Gasteiger partial charge in [0.25, 0.3) is 0 Å². The van der Waals surface area contributed by atoms with E-state index in [1.54, 1.807) is 0 Å². The molecule has 2 rings (SSSR count). The van der Waals surface area contributed by atoms with Crippen LogP contribution in [0.3, 0.4) is 0 Å². The monoisotopic (exact) mass is 231 g/mol. The van der Waals surface area contributed by atoms with E-state index in [-0.39, 0.29) is 11.7 Å². The summed E-state index contributed by atoms with van der Waals surface area (Å²) in [6.45, 7) is 2.77. The van der Waals surface area contributed by atoms with Crippen molar-refractivity contribution in [1.29, 1.82) is 0 Å². The van der Waals surface area contributed by atoms with E-state index >= 15 is 0 Å². The summed E-state index contributed by atoms with van der Waals surface area (Å²) < 4.78 is 0. The Balaban J connectivity index is 2.15. The molecule has 0 aromatic heterocycles. The fourth-order valence-electron chi connectivity index (χ4n) is 2.13. The minimum atomic E-state index is -0.490. The Hall–Kier alpha value is -1.64. The number of carbonyl (C=O) groups excluding carboxylic acids is 2. The van der Waals surface area contributed by atoms with E-state index in [0.717, 1.165) is 12.8 Å². The van der Waals surface area contributed by atoms with Crippen LogP contribution in [0, 0.1) is 5.92 Å². The molecule has 1 atom stereocenters. The van der Waals surface area contributed by atoms with Crippen molar-refractivity contribution in [1.82, 2.24) is 5.32 Å². The number of ketones is 1. The standard InChI is InChI=1S/C14H17NO2/c1-2-10-5-7-11(8-6-10)13(16)12-4-3-9-15-14(12)17/h5-8,12H,2-4,9H2,1H3,(H,15,17). The van der Waals surface area contributed by atoms with Gasteiger partial charge in [-0.15, -0.1) is 0 Å². The predicted molar refractivity (Wildman–Crippen MR) is 65.9 cm³/mol. The number of piperidine rings is 1. The summed E-state index contributed by atoms with van der Waals surface area (Å²) in [5.41, 5.74) is 1.85. The maximum Gasteiger partial charge on any atom is 0.230 e. The molecular formula is C14H17NO2. The third-order valence-corrected chi connectivity index (χ3v) is 3.25. The van der Waals surface area contributed by atoms with Gasteiger partial charge in [-0.05, 0) is 24.8 Å². The van der Waals surface area contributed by atoms with E-state index < -0.39 is 5.92 Å². The number of hydrogen-bond acceptors (Lipinski definition) is 2. The smallest absolute Gasteiger partial charge is 0.230 e. The molecule has 1 fully saturated rings. The lowest BCUT2D eigenvalue weighted by Gasteiger charge is -2.20. The van der Waals surface area contributed by atoms with Crippen molar-refractivity contribution < 1.29 is 9.59 Å². The van der Waals surface area contributed by atoms with Crippen molar-refractivity contribution in [3.63, 3.8) is 0 Å². The van der Waals surface area contributed by atoms with Crippen molar-refractivity contribution >= 4 is 11.7 Å². The average Bonchev–Trinajstić information content (AvgIpc) is 2.39. The second-order valence-electron chi connectivity index (χ2n) is 4.40. The summed E-state index contributed by atoms with van der Waals surface area (Å²) in [5, 5.41) is 2.75. The van der Waals surface area contributed by atoms with Crippen molar-refractivity contribution in [3.8, 4) is 0 Å². The molecule has 3 nitrogen and oxygen atoms in total. The molecule has 1 N–H and O–H groups in total. The quantitative estimate of drug-likeness (QED) is 0.638. The van der Waals surface area contributed by atoms with Crippen LogP contribution < -0.4 is 5.32 Å². The summed E-state index contributed by atoms with van der Waals surface area (Å²) >= 11 is 0. The second kappa shape index (κ2) is 5.13. The van der Waals surface area contributed by atoms with Crippen LogP contribution in [0.25, 0.3) is 0 Å². The fourth-order valence-corrected chi connectivity index (χ4v) is 2.13. The number of nitrogens with one attached hydrogen (secondary N) is 1. The van der Waals surface area contributed by atoms with E-state index in [2.05, 4.69) is 12.2 Å². The van der Waals surface area contributed by atoms with Gasteiger partial charge in [-0.2, -0.15) is 0 Å². The molecule has 1 amide bonds. The van der Waals surface area contributed by atoms with Gasteiger partial charge < -0.3 is 5.32 Å². The van der Waals surface area contributed by atoms with Crippen LogP contribution in [0.5, 0.6) is 0 Å². The lowest BCUT2D eigenvalue weighted by atomic mass is 9.90. The summed E-state index contributed by atoms with van der Waals surface area (Å²) in [6, 6.07) is 7.55. The van der Waals surface area contributed by atoms with Crippen LogP contribution in [-0.2, 0) is 11.2 Å². The van der Waals surface area contributed by atoms with E-state index in [4.69, 9.17) is 0 Å². The first-order chi connectivity index (χ1) is 8.22. The summed E-state index contributed by atoms with van der Waals surface area (Å²) in [6.07, 6.45) is 2.51. The molecule has 1 heterocycles. The Bertz CT molecular complexity index is 422. The lowest BCUT2D eigenvalue weighted by molar-refractivity contribution is -0.124. The summed E-state index contributed by atoms with van der Waals surface area (Å²) in [7, 11) is 0. The third-order valence-electron chi connectivity index (χ3n) is 3.25. The minimum Gasteiger partial charge on any atom is -0.355 e. The van der Waals surface area contributed by atoms with Gasteiger partial charge in [0, 0.05) is 12.1 Å². The van der Waals surface area contributed by atoms with Crippen molar-refractivity contribution in [2.45, 2.75) is 26.2 Å². The van der Waals surface area contributed by atoms with Gasteiger partial charge in [-0.25, -0.2) is 0 Å². The Morgan fingerprint density at radius 3 is 2.65 bits per heavy atom. The van der Waals surface area contributed by atoms with E-state index in [1.165, 1.54) is 5.56 Å². The first-order valence-corrected chi connectivity index (χ1v) is 6.13. The Kier molecular flexibility index (Phi) is 3.57. The van der Waals surface area contributed by atoms with Crippen LogP contribution in [0.1, 0.15) is 35.7 Å². The molecule has 0 saturated carbocycles. The molecule has 1 aliphatic rings. The highest BCUT2D eigenvalue weighted by atomic mass is 16.2. The highest BCUT2D eigenvalue weighted by Crippen LogP contribution is 2.18. The molecule has 0 spiro atoms. The largest absolute Gasteiger partial charge is 0.355 e. The maximum atomic E-state index is 12.1. The van der Waals surface area contributed by atoms with Crippen LogP contribution in [0.15, 0.2) is 24.3 Å². The van der Waals surface area contributed by atoms with Gasteiger partial charge in [-0.3, -0.25) is 9.59 Å². The van der Waals surface area contributed by atoms with Crippen LogP contribution in [0.2, 0.25) is 0 Å². The van der Waals surface area contributed by atoms with Gasteiger partial charge in [0.05, 0.1) is 0 Å². The van der Waals surface area contributed by atoms with E-state index in [0.29, 0.717) is 18.5 Å². The zero-order chi connectivity index (χ0) is 12.3. The van der Waals surface area contributed by atoms with E-state index in [9.17, 15) is 9.59 Å². The molecule has 1 aromatic rings. The van der Waals surface area contributed by atoms with Crippen molar-refractivity contribution in [2.75, 3.05) is 6.54 Å². The zero-order valence-corrected chi connectivity index (χ0v) is 10.0. The predicted octanol–water partition coefficient (Wildman–Crippen LogP) is 1.96. The van der Waals surface area contributed by atoms with Crippen LogP contribution >= 0.6 is 0 Å². The van der Waals surface area contributed by atoms with Crippen molar-refractivity contribution in [3.05, 3.63) is 35.4 Å². The van der Waals surface area contributed by atoms with Gasteiger partial charge in [-0.1, -0.05) is 31.2 Å². The molecule has 0 radical (unpaired) electrons. The number of aryl methyl sites for hydroxylation is 1. The number of amides is 1. The summed E-state index contributed by atoms with van der Waals surface area (Å²) in [4.78, 5) is 23.7. The number of rotatable bonds is 3. The Morgan fingerprint density at radius 2 is 2.06 bits per heavy atom. The minimum absolute atomic E-state index is 0.0511. The second-order valence-corrected chi connectivity index (χ2v) is 4.40. The van der Waals surface area contributed by atoms with E-state index in [1.807, 2.05) is 24.3 Å². The van der Waals surface area contributed by atoms with Gasteiger partial charge in [0.15, 0.2) is 5.78 Å². The maximum absolute atomic E-state index is 12.1. The topological polar surface area (TPSA) is 46.2 Å². The number of Topliss-reactive ketones (excluding diaryl/α,β-unsaturated/α-hetero) is 1. The fraction of sp³-hybridized carbons (Fsp3) is 0.429. The average molecular weight is 231 g/mol. The van der Waals surface area contributed by atoms with Crippen molar-refractivity contribution in [2.24, 2.45) is 5.92 Å². The van der Waals surface area contributed by atoms with Gasteiger partial charge in [0.2, 0.25) is 5.91 Å².